The maximum absolute atomic E-state index is 13.6. The van der Waals surface area contributed by atoms with Crippen LogP contribution in [0.5, 0.6) is 0 Å². The first-order chi connectivity index (χ1) is 31.6. The van der Waals surface area contributed by atoms with Gasteiger partial charge in [0.25, 0.3) is 0 Å². The van der Waals surface area contributed by atoms with Gasteiger partial charge < -0.3 is 19.3 Å². The summed E-state index contributed by atoms with van der Waals surface area (Å²) in [4.78, 5) is 38.0. The van der Waals surface area contributed by atoms with Gasteiger partial charge in [-0.05, 0) is 83.4 Å². The van der Waals surface area contributed by atoms with Crippen LogP contribution >= 0.6 is 0 Å². The van der Waals surface area contributed by atoms with Gasteiger partial charge in [-0.1, -0.05) is 196 Å². The molecule has 0 amide bonds. The zero-order valence-corrected chi connectivity index (χ0v) is 44.3. The summed E-state index contributed by atoms with van der Waals surface area (Å²) in [7, 11) is 0. The van der Waals surface area contributed by atoms with E-state index < -0.39 is 16.8 Å². The molecule has 2 saturated carbocycles. The first-order valence-electron chi connectivity index (χ1n) is 26.1. The van der Waals surface area contributed by atoms with Gasteiger partial charge in [-0.15, -0.1) is 5.73 Å². The lowest BCUT2D eigenvalue weighted by Crippen LogP contribution is -2.49. The Bertz CT molecular complexity index is 1900. The molecule has 374 valence electrons. The normalized spacial score (nSPS) is 26.5. The van der Waals surface area contributed by atoms with E-state index in [2.05, 4.69) is 47.3 Å². The summed E-state index contributed by atoms with van der Waals surface area (Å²) in [6.45, 7) is 23.9. The number of hydrogen-bond acceptors (Lipinski definition) is 7. The summed E-state index contributed by atoms with van der Waals surface area (Å²) in [5, 5.41) is 11.2. The molecule has 7 heteroatoms. The summed E-state index contributed by atoms with van der Waals surface area (Å²) in [6.07, 6.45) is 43.9. The number of ketones is 1. The summed E-state index contributed by atoms with van der Waals surface area (Å²) < 4.78 is 18.0. The number of unbranched alkanes of at least 4 members (excludes halogenated alkanes) is 14. The first kappa shape index (κ1) is 57.5. The molecule has 0 spiro atoms. The van der Waals surface area contributed by atoms with E-state index in [-0.39, 0.29) is 40.8 Å². The van der Waals surface area contributed by atoms with Gasteiger partial charge in [0, 0.05) is 43.6 Å². The van der Waals surface area contributed by atoms with Crippen LogP contribution in [0.4, 0.5) is 0 Å². The number of esters is 2. The predicted molar refractivity (Wildman–Crippen MR) is 278 cm³/mol. The van der Waals surface area contributed by atoms with Gasteiger partial charge >= 0.3 is 11.9 Å². The number of hydrogen-bond donors (Lipinski definition) is 1. The van der Waals surface area contributed by atoms with Crippen molar-refractivity contribution in [1.82, 2.24) is 0 Å². The highest BCUT2D eigenvalue weighted by molar-refractivity contribution is 5.96. The van der Waals surface area contributed by atoms with Crippen molar-refractivity contribution in [2.75, 3.05) is 0 Å². The molecule has 0 radical (unpaired) electrons. The van der Waals surface area contributed by atoms with Crippen LogP contribution in [0.2, 0.25) is 0 Å². The number of carbonyl (C=O) groups is 3. The minimum atomic E-state index is -1.12. The molecule has 3 aliphatic rings. The Labute approximate surface area is 408 Å². The lowest BCUT2D eigenvalue weighted by Gasteiger charge is -2.44. The largest absolute Gasteiger partial charge is 0.462 e. The lowest BCUT2D eigenvalue weighted by atomic mass is 9.61. The van der Waals surface area contributed by atoms with Crippen molar-refractivity contribution in [3.05, 3.63) is 100 Å². The van der Waals surface area contributed by atoms with Gasteiger partial charge in [-0.2, -0.15) is 0 Å². The quantitative estimate of drug-likeness (QED) is 0.0208. The van der Waals surface area contributed by atoms with Crippen LogP contribution in [-0.4, -0.2) is 51.8 Å². The van der Waals surface area contributed by atoms with E-state index >= 15 is 0 Å². The number of aliphatic hydroxyl groups is 1. The molecular formula is C60H92O7. The fourth-order valence-electron chi connectivity index (χ4n) is 10.7. The second kappa shape index (κ2) is 27.4. The zero-order valence-electron chi connectivity index (χ0n) is 44.3. The van der Waals surface area contributed by atoms with Gasteiger partial charge in [0.15, 0.2) is 5.78 Å². The number of allylic oxidation sites excluding steroid dienone is 14. The Kier molecular flexibility index (Phi) is 23.6. The molecule has 1 heterocycles. The second-order valence-corrected chi connectivity index (χ2v) is 22.0. The highest BCUT2D eigenvalue weighted by atomic mass is 16.6. The van der Waals surface area contributed by atoms with Crippen LogP contribution in [0.1, 0.15) is 218 Å². The average Bonchev–Trinajstić information content (AvgIpc) is 3.84. The average molecular weight is 925 g/mol. The monoisotopic (exact) mass is 925 g/mol. The Hall–Kier alpha value is -3.77. The fraction of sp³-hybridized carbons (Fsp3) is 0.667. The smallest absolute Gasteiger partial charge is 0.306 e. The van der Waals surface area contributed by atoms with E-state index in [4.69, 9.17) is 14.2 Å². The van der Waals surface area contributed by atoms with Crippen molar-refractivity contribution in [3.8, 4) is 0 Å². The molecule has 0 aromatic rings. The minimum absolute atomic E-state index is 0.0790. The maximum Gasteiger partial charge on any atom is 0.306 e. The summed E-state index contributed by atoms with van der Waals surface area (Å²) in [5.74, 6) is -0.353. The Morgan fingerprint density at radius 3 is 1.63 bits per heavy atom. The van der Waals surface area contributed by atoms with Gasteiger partial charge in [0.2, 0.25) is 0 Å². The zero-order chi connectivity index (χ0) is 49.7. The number of ether oxygens (including phenoxy) is 3. The summed E-state index contributed by atoms with van der Waals surface area (Å²) in [6, 6.07) is 0. The van der Waals surface area contributed by atoms with E-state index in [1.165, 1.54) is 90.4 Å². The molecule has 5 unspecified atom stereocenters. The van der Waals surface area contributed by atoms with E-state index in [1.54, 1.807) is 6.92 Å². The molecule has 0 aromatic carbocycles. The topological polar surface area (TPSA) is 102 Å². The van der Waals surface area contributed by atoms with E-state index in [9.17, 15) is 19.5 Å². The molecule has 3 fully saturated rings. The second-order valence-electron chi connectivity index (χ2n) is 22.0. The van der Waals surface area contributed by atoms with Gasteiger partial charge in [-0.3, -0.25) is 14.4 Å². The molecule has 1 aliphatic heterocycles. The number of rotatable bonds is 28. The number of epoxide rings is 1. The fourth-order valence-corrected chi connectivity index (χ4v) is 10.7. The van der Waals surface area contributed by atoms with Gasteiger partial charge in [-0.25, -0.2) is 0 Å². The van der Waals surface area contributed by atoms with Crippen LogP contribution < -0.4 is 0 Å². The Balaban J connectivity index is 1.39. The number of Topliss-reactive ketones (excluding diaryl/α,β-unsaturated/α-hetero) is 1. The highest BCUT2D eigenvalue weighted by Crippen LogP contribution is 2.67. The van der Waals surface area contributed by atoms with Crippen LogP contribution in [0.3, 0.4) is 0 Å². The summed E-state index contributed by atoms with van der Waals surface area (Å²) in [5.41, 5.74) is 5.17. The first-order valence-corrected chi connectivity index (χ1v) is 26.1. The molecule has 1 saturated heterocycles. The highest BCUT2D eigenvalue weighted by Gasteiger charge is 2.76. The van der Waals surface area contributed by atoms with E-state index in [0.717, 1.165) is 35.1 Å². The molecule has 0 bridgehead atoms. The summed E-state index contributed by atoms with van der Waals surface area (Å²) >= 11 is 0. The van der Waals surface area contributed by atoms with Gasteiger partial charge in [0.1, 0.15) is 17.8 Å². The van der Waals surface area contributed by atoms with Crippen molar-refractivity contribution < 1.29 is 33.7 Å². The molecular weight excluding hydrogens is 833 g/mol. The third kappa shape index (κ3) is 19.3. The van der Waals surface area contributed by atoms with E-state index in [0.29, 0.717) is 44.1 Å². The van der Waals surface area contributed by atoms with Crippen LogP contribution in [0.25, 0.3) is 0 Å². The Morgan fingerprint density at radius 1 is 0.627 bits per heavy atom. The predicted octanol–water partition coefficient (Wildman–Crippen LogP) is 15.5. The van der Waals surface area contributed by atoms with Crippen LogP contribution in [0.15, 0.2) is 100 Å². The molecule has 7 nitrogen and oxygen atoms in total. The maximum atomic E-state index is 13.6. The standard InChI is InChI=1S/C60H92O7/c1-13-14-15-16-17-18-19-20-21-22-23-24-25-26-27-38-55(63)66-52-42-57(9,10)60(59(12,44-52)67-60)45-53(62)49(5)37-31-36-47(3)33-29-28-32-46(2)34-30-35-48(4)39-40-54-56(7,8)41-51(65-50(6)61)43-58(54,11)64/h28-37,39,51-52,64H,13-27,38,41-45H2,1-12H3. The van der Waals surface area contributed by atoms with Crippen LogP contribution in [0, 0.1) is 10.8 Å². The van der Waals surface area contributed by atoms with Crippen molar-refractivity contribution >= 4 is 17.7 Å². The molecule has 2 aliphatic carbocycles. The molecule has 5 atom stereocenters. The molecule has 1 N–H and O–H groups in total. The van der Waals surface area contributed by atoms with Crippen molar-refractivity contribution in [2.45, 2.75) is 247 Å². The Morgan fingerprint density at radius 2 is 1.12 bits per heavy atom. The van der Waals surface area contributed by atoms with Gasteiger partial charge in [0.05, 0.1) is 11.2 Å². The van der Waals surface area contributed by atoms with Crippen molar-refractivity contribution in [2.24, 2.45) is 10.8 Å². The van der Waals surface area contributed by atoms with Crippen molar-refractivity contribution in [3.63, 3.8) is 0 Å². The molecule has 0 aromatic heterocycles. The lowest BCUT2D eigenvalue weighted by molar-refractivity contribution is -0.154. The minimum Gasteiger partial charge on any atom is -0.462 e. The molecule has 3 rings (SSSR count). The van der Waals surface area contributed by atoms with Crippen LogP contribution in [-0.2, 0) is 28.6 Å². The third-order valence-electron chi connectivity index (χ3n) is 14.4. The SMILES string of the molecule is CCCCCCCCCCCCCCCCCC(=O)OC1CC(C)(C)C2(CC(=O)C(C)=CC=CC(C)=CC=CC=C(C)C=CC=C(C)C=C=C3C(C)(C)CC(OC(C)=O)CC3(C)O)OC2(C)C1. The molecule has 67 heavy (non-hydrogen) atoms. The van der Waals surface area contributed by atoms with E-state index in [1.807, 2.05) is 94.5 Å². The number of fused-ring (bicyclic) bond motifs is 1. The van der Waals surface area contributed by atoms with Crippen molar-refractivity contribution in [1.29, 1.82) is 0 Å². The third-order valence-corrected chi connectivity index (χ3v) is 14.4. The number of carbonyl (C=O) groups excluding carboxylic acids is 3.